The van der Waals surface area contributed by atoms with Gasteiger partial charge in [0.25, 0.3) is 10.0 Å². The molecule has 2 N–H and O–H groups in total. The number of esters is 1. The number of carboxylic acid groups (broad SMARTS) is 1. The van der Waals surface area contributed by atoms with Gasteiger partial charge in [0.15, 0.2) is 0 Å². The number of carbonyl (C=O) groups excluding carboxylic acids is 1. The molecule has 3 rings (SSSR count). The van der Waals surface area contributed by atoms with Gasteiger partial charge in [-0.1, -0.05) is 11.6 Å². The van der Waals surface area contributed by atoms with E-state index >= 15 is 0 Å². The first kappa shape index (κ1) is 24.7. The maximum absolute atomic E-state index is 12.9. The fourth-order valence-corrected chi connectivity index (χ4v) is 5.25. The first-order valence-electron chi connectivity index (χ1n) is 10.3. The van der Waals surface area contributed by atoms with E-state index in [0.29, 0.717) is 31.6 Å². The third-order valence-corrected chi connectivity index (χ3v) is 6.91. The number of methoxy groups -OCH3 is 1. The number of anilines is 2. The summed E-state index contributed by atoms with van der Waals surface area (Å²) < 4.78 is 38.5. The summed E-state index contributed by atoms with van der Waals surface area (Å²) in [6, 6.07) is 8.44. The van der Waals surface area contributed by atoms with Crippen LogP contribution in [-0.2, 0) is 19.6 Å². The van der Waals surface area contributed by atoms with Crippen molar-refractivity contribution in [3.05, 3.63) is 47.0 Å². The maximum Gasteiger partial charge on any atom is 0.337 e. The molecule has 0 bridgehead atoms. The van der Waals surface area contributed by atoms with Gasteiger partial charge in [-0.15, -0.1) is 0 Å². The second-order valence-electron chi connectivity index (χ2n) is 7.47. The Labute approximate surface area is 197 Å². The van der Waals surface area contributed by atoms with Crippen molar-refractivity contribution in [2.75, 3.05) is 36.4 Å². The van der Waals surface area contributed by atoms with Gasteiger partial charge in [-0.3, -0.25) is 9.52 Å². The fraction of sp³-hybridized carbons (Fsp3) is 0.364. The number of carboxylic acids is 1. The number of ether oxygens (including phenoxy) is 2. The molecule has 178 valence electrons. The number of rotatable bonds is 8. The Morgan fingerprint density at radius 2 is 2.00 bits per heavy atom. The minimum atomic E-state index is -4.11. The summed E-state index contributed by atoms with van der Waals surface area (Å²) in [5, 5.41) is 9.99. The van der Waals surface area contributed by atoms with E-state index in [1.807, 2.05) is 4.90 Å². The van der Waals surface area contributed by atoms with Gasteiger partial charge in [0.2, 0.25) is 0 Å². The zero-order valence-corrected chi connectivity index (χ0v) is 19.8. The van der Waals surface area contributed by atoms with Crippen LogP contribution in [0.3, 0.4) is 0 Å². The molecule has 9 nitrogen and oxygen atoms in total. The molecule has 0 amide bonds. The Bertz CT molecular complexity index is 1150. The smallest absolute Gasteiger partial charge is 0.337 e. The molecule has 2 aromatic rings. The Hall–Kier alpha value is -2.98. The molecule has 0 aliphatic carbocycles. The maximum atomic E-state index is 12.9. The number of benzene rings is 2. The Balaban J connectivity index is 1.90. The van der Waals surface area contributed by atoms with Gasteiger partial charge in [0.05, 0.1) is 30.9 Å². The molecule has 2 aromatic carbocycles. The fourth-order valence-electron chi connectivity index (χ4n) is 3.77. The average Bonchev–Trinajstić information content (AvgIpc) is 2.79. The number of aromatic carboxylic acids is 1. The number of hydrogen-bond donors (Lipinski definition) is 2. The van der Waals surface area contributed by atoms with Crippen molar-refractivity contribution in [3.8, 4) is 5.75 Å². The van der Waals surface area contributed by atoms with Gasteiger partial charge in [0, 0.05) is 23.8 Å². The predicted octanol–water partition coefficient (Wildman–Crippen LogP) is 3.63. The largest absolute Gasteiger partial charge is 0.495 e. The molecule has 1 saturated heterocycles. The number of carbonyl (C=O) groups is 2. The summed E-state index contributed by atoms with van der Waals surface area (Å²) in [5.74, 6) is -1.78. The Kier molecular flexibility index (Phi) is 7.70. The summed E-state index contributed by atoms with van der Waals surface area (Å²) >= 11 is 5.95. The summed E-state index contributed by atoms with van der Waals surface area (Å²) in [7, 11) is -2.78. The van der Waals surface area contributed by atoms with Crippen LogP contribution < -0.4 is 14.4 Å². The molecule has 1 aliphatic rings. The van der Waals surface area contributed by atoms with Crippen LogP contribution in [0.2, 0.25) is 5.02 Å². The number of piperidine rings is 1. The van der Waals surface area contributed by atoms with Gasteiger partial charge in [-0.05, 0) is 56.2 Å². The van der Waals surface area contributed by atoms with Crippen LogP contribution in [0.25, 0.3) is 0 Å². The molecule has 0 radical (unpaired) electrons. The molecular weight excluding hydrogens is 472 g/mol. The molecule has 0 saturated carbocycles. The molecule has 11 heteroatoms. The lowest BCUT2D eigenvalue weighted by Crippen LogP contribution is -2.40. The summed E-state index contributed by atoms with van der Waals surface area (Å²) in [6.07, 6.45) is 1.36. The standard InChI is InChI=1S/C22H25ClN2O7S/c1-3-32-22(28)14-5-4-10-25(13-14)18-8-7-16(12-17(18)21(26)27)24-33(29,30)20-11-15(23)6-9-19(20)31-2/h6-9,11-12,14,24H,3-5,10,13H2,1-2H3,(H,26,27)/t14-/m1/s1. The quantitative estimate of drug-likeness (QED) is 0.531. The summed E-state index contributed by atoms with van der Waals surface area (Å²) in [4.78, 5) is 25.8. The number of hydrogen-bond acceptors (Lipinski definition) is 7. The van der Waals surface area contributed by atoms with Gasteiger partial charge < -0.3 is 19.5 Å². The third-order valence-electron chi connectivity index (χ3n) is 5.28. The van der Waals surface area contributed by atoms with E-state index in [-0.39, 0.29) is 45.4 Å². The Morgan fingerprint density at radius 3 is 2.67 bits per heavy atom. The van der Waals surface area contributed by atoms with Crippen molar-refractivity contribution in [1.29, 1.82) is 0 Å². The number of nitrogens with one attached hydrogen (secondary N) is 1. The molecular formula is C22H25ClN2O7S. The highest BCUT2D eigenvalue weighted by Gasteiger charge is 2.29. The van der Waals surface area contributed by atoms with Crippen molar-refractivity contribution >= 4 is 44.9 Å². The van der Waals surface area contributed by atoms with Crippen molar-refractivity contribution in [1.82, 2.24) is 0 Å². The first-order valence-corrected chi connectivity index (χ1v) is 12.2. The van der Waals surface area contributed by atoms with Gasteiger partial charge in [0.1, 0.15) is 10.6 Å². The number of halogens is 1. The minimum Gasteiger partial charge on any atom is -0.495 e. The SMILES string of the molecule is CCOC(=O)[C@@H]1CCCN(c2ccc(NS(=O)(=O)c3cc(Cl)ccc3OC)cc2C(=O)O)C1. The number of sulfonamides is 1. The van der Waals surface area contributed by atoms with E-state index < -0.39 is 16.0 Å². The predicted molar refractivity (Wildman–Crippen MR) is 124 cm³/mol. The molecule has 1 aliphatic heterocycles. The topological polar surface area (TPSA) is 122 Å². The van der Waals surface area contributed by atoms with Crippen molar-refractivity contribution in [3.63, 3.8) is 0 Å². The van der Waals surface area contributed by atoms with Gasteiger partial charge >= 0.3 is 11.9 Å². The second kappa shape index (κ2) is 10.3. The molecule has 0 aromatic heterocycles. The van der Waals surface area contributed by atoms with E-state index in [0.717, 1.165) is 0 Å². The van der Waals surface area contributed by atoms with Crippen LogP contribution in [0.5, 0.6) is 5.75 Å². The van der Waals surface area contributed by atoms with Gasteiger partial charge in [-0.25, -0.2) is 13.2 Å². The normalized spacial score (nSPS) is 16.2. The lowest BCUT2D eigenvalue weighted by atomic mass is 9.97. The first-order chi connectivity index (χ1) is 15.7. The average molecular weight is 497 g/mol. The molecule has 1 heterocycles. The molecule has 0 unspecified atom stereocenters. The van der Waals surface area contributed by atoms with Crippen molar-refractivity contribution in [2.24, 2.45) is 5.92 Å². The van der Waals surface area contributed by atoms with Crippen molar-refractivity contribution in [2.45, 2.75) is 24.7 Å². The van der Waals surface area contributed by atoms with E-state index in [1.54, 1.807) is 6.92 Å². The summed E-state index contributed by atoms with van der Waals surface area (Å²) in [5.41, 5.74) is 0.384. The lowest BCUT2D eigenvalue weighted by Gasteiger charge is -2.34. The van der Waals surface area contributed by atoms with Gasteiger partial charge in [-0.2, -0.15) is 0 Å². The van der Waals surface area contributed by atoms with E-state index in [2.05, 4.69) is 4.72 Å². The van der Waals surface area contributed by atoms with Crippen LogP contribution in [0.1, 0.15) is 30.1 Å². The van der Waals surface area contributed by atoms with Crippen LogP contribution in [0.4, 0.5) is 11.4 Å². The minimum absolute atomic E-state index is 0.0668. The molecule has 1 atom stereocenters. The van der Waals surface area contributed by atoms with Crippen LogP contribution in [0.15, 0.2) is 41.3 Å². The Morgan fingerprint density at radius 1 is 1.24 bits per heavy atom. The second-order valence-corrected chi connectivity index (χ2v) is 9.56. The van der Waals surface area contributed by atoms with E-state index in [9.17, 15) is 23.1 Å². The lowest BCUT2D eigenvalue weighted by molar-refractivity contribution is -0.148. The number of nitrogens with zero attached hydrogens (tertiary/aromatic N) is 1. The molecule has 33 heavy (non-hydrogen) atoms. The molecule has 1 fully saturated rings. The van der Waals surface area contributed by atoms with Crippen LogP contribution in [0, 0.1) is 5.92 Å². The summed E-state index contributed by atoms with van der Waals surface area (Å²) in [6.45, 7) is 2.91. The van der Waals surface area contributed by atoms with E-state index in [4.69, 9.17) is 21.1 Å². The highest BCUT2D eigenvalue weighted by Crippen LogP contribution is 2.32. The highest BCUT2D eigenvalue weighted by molar-refractivity contribution is 7.92. The molecule has 0 spiro atoms. The monoisotopic (exact) mass is 496 g/mol. The highest BCUT2D eigenvalue weighted by atomic mass is 35.5. The zero-order chi connectivity index (χ0) is 24.2. The van der Waals surface area contributed by atoms with Crippen LogP contribution >= 0.6 is 11.6 Å². The van der Waals surface area contributed by atoms with E-state index in [1.165, 1.54) is 43.5 Å². The third kappa shape index (κ3) is 5.69. The van der Waals surface area contributed by atoms with Crippen LogP contribution in [-0.4, -0.2) is 52.3 Å². The zero-order valence-electron chi connectivity index (χ0n) is 18.2. The van der Waals surface area contributed by atoms with Crippen molar-refractivity contribution < 1.29 is 32.6 Å².